The summed E-state index contributed by atoms with van der Waals surface area (Å²) >= 11 is 0. The molecule has 0 spiro atoms. The number of carbonyl (C=O) groups is 1. The van der Waals surface area contributed by atoms with Gasteiger partial charge in [0, 0.05) is 28.3 Å². The zero-order valence-electron chi connectivity index (χ0n) is 13.9. The Morgan fingerprint density at radius 2 is 1.96 bits per heavy atom. The monoisotopic (exact) mass is 342 g/mol. The van der Waals surface area contributed by atoms with E-state index in [2.05, 4.69) is 20.5 Å². The maximum Gasteiger partial charge on any atom is 0.248 e. The molecule has 25 heavy (non-hydrogen) atoms. The quantitative estimate of drug-likeness (QED) is 0.711. The molecule has 0 aliphatic rings. The van der Waals surface area contributed by atoms with Crippen molar-refractivity contribution in [2.24, 2.45) is 0 Å². The first-order valence-corrected chi connectivity index (χ1v) is 7.62. The largest absolute Gasteiger partial charge is 0.321 e. The molecule has 0 saturated heterocycles. The van der Waals surface area contributed by atoms with Crippen LogP contribution in [0.3, 0.4) is 0 Å². The minimum Gasteiger partial charge on any atom is -0.321 e. The van der Waals surface area contributed by atoms with Crippen molar-refractivity contribution in [1.82, 2.24) is 15.2 Å². The van der Waals surface area contributed by atoms with Crippen LogP contribution in [0.1, 0.15) is 22.5 Å². The Labute approximate surface area is 142 Å². The van der Waals surface area contributed by atoms with E-state index in [4.69, 9.17) is 0 Å². The van der Waals surface area contributed by atoms with Gasteiger partial charge in [-0.05, 0) is 39.0 Å². The van der Waals surface area contributed by atoms with Crippen LogP contribution in [0.25, 0.3) is 17.0 Å². The Bertz CT molecular complexity index is 1010. The Hall–Kier alpha value is -3.09. The number of fused-ring (bicyclic) bond motifs is 1. The van der Waals surface area contributed by atoms with Gasteiger partial charge in [-0.25, -0.2) is 8.78 Å². The van der Waals surface area contributed by atoms with Crippen LogP contribution in [0.15, 0.2) is 24.4 Å². The summed E-state index contributed by atoms with van der Waals surface area (Å²) in [5.74, 6) is -1.47. The van der Waals surface area contributed by atoms with Gasteiger partial charge < -0.3 is 5.32 Å². The van der Waals surface area contributed by atoms with E-state index < -0.39 is 17.5 Å². The molecule has 0 bridgehead atoms. The molecular weight excluding hydrogens is 326 g/mol. The first-order chi connectivity index (χ1) is 11.9. The summed E-state index contributed by atoms with van der Waals surface area (Å²) in [4.78, 5) is 16.0. The molecule has 0 atom stereocenters. The van der Waals surface area contributed by atoms with Crippen molar-refractivity contribution in [3.05, 3.63) is 58.6 Å². The van der Waals surface area contributed by atoms with Gasteiger partial charge in [0.25, 0.3) is 0 Å². The van der Waals surface area contributed by atoms with Crippen molar-refractivity contribution in [3.63, 3.8) is 0 Å². The maximum absolute atomic E-state index is 14.2. The van der Waals surface area contributed by atoms with E-state index in [1.54, 1.807) is 26.8 Å². The van der Waals surface area contributed by atoms with E-state index >= 15 is 0 Å². The average molecular weight is 342 g/mol. The number of hydrogen-bond acceptors (Lipinski definition) is 3. The smallest absolute Gasteiger partial charge is 0.248 e. The minimum absolute atomic E-state index is 0.236. The third kappa shape index (κ3) is 3.26. The van der Waals surface area contributed by atoms with E-state index in [-0.39, 0.29) is 5.56 Å². The normalized spacial score (nSPS) is 11.4. The molecule has 3 aromatic rings. The molecule has 3 rings (SSSR count). The molecule has 1 amide bonds. The highest BCUT2D eigenvalue weighted by atomic mass is 19.1. The van der Waals surface area contributed by atoms with Crippen LogP contribution in [0.4, 0.5) is 14.5 Å². The van der Waals surface area contributed by atoms with E-state index in [9.17, 15) is 13.6 Å². The second-order valence-electron chi connectivity index (χ2n) is 5.75. The zero-order chi connectivity index (χ0) is 18.1. The van der Waals surface area contributed by atoms with Crippen LogP contribution in [0.5, 0.6) is 0 Å². The number of aryl methyl sites for hydroxylation is 2. The molecule has 1 aromatic carbocycles. The molecule has 0 radical (unpaired) electrons. The van der Waals surface area contributed by atoms with Gasteiger partial charge >= 0.3 is 0 Å². The van der Waals surface area contributed by atoms with Crippen LogP contribution in [-0.2, 0) is 4.79 Å². The summed E-state index contributed by atoms with van der Waals surface area (Å²) in [6, 6.07) is 2.93. The predicted octanol–water partition coefficient (Wildman–Crippen LogP) is 3.81. The summed E-state index contributed by atoms with van der Waals surface area (Å²) in [5, 5.41) is 10.1. The van der Waals surface area contributed by atoms with Gasteiger partial charge in [-0.15, -0.1) is 0 Å². The molecule has 5 nitrogen and oxygen atoms in total. The number of hydrogen-bond donors (Lipinski definition) is 2. The molecule has 0 unspecified atom stereocenters. The van der Waals surface area contributed by atoms with Crippen LogP contribution in [0, 0.1) is 32.4 Å². The van der Waals surface area contributed by atoms with Crippen molar-refractivity contribution in [1.29, 1.82) is 0 Å². The fraction of sp³-hybridized carbons (Fsp3) is 0.167. The Morgan fingerprint density at radius 1 is 1.20 bits per heavy atom. The van der Waals surface area contributed by atoms with Gasteiger partial charge in [0.15, 0.2) is 0 Å². The number of carbonyl (C=O) groups excluding carboxylic acids is 1. The van der Waals surface area contributed by atoms with Gasteiger partial charge in [0.05, 0.1) is 23.1 Å². The van der Waals surface area contributed by atoms with Gasteiger partial charge in [-0.2, -0.15) is 5.10 Å². The first-order valence-electron chi connectivity index (χ1n) is 7.62. The molecule has 128 valence electrons. The third-order valence-electron chi connectivity index (χ3n) is 3.99. The van der Waals surface area contributed by atoms with Crippen molar-refractivity contribution in [2.75, 3.05) is 5.32 Å². The van der Waals surface area contributed by atoms with Crippen molar-refractivity contribution >= 4 is 28.6 Å². The van der Waals surface area contributed by atoms with Crippen LogP contribution < -0.4 is 5.32 Å². The van der Waals surface area contributed by atoms with Gasteiger partial charge in [-0.1, -0.05) is 0 Å². The lowest BCUT2D eigenvalue weighted by atomic mass is 10.1. The minimum atomic E-state index is -0.504. The number of pyridine rings is 1. The summed E-state index contributed by atoms with van der Waals surface area (Å²) < 4.78 is 27.7. The number of benzene rings is 1. The molecule has 7 heteroatoms. The van der Waals surface area contributed by atoms with Crippen LogP contribution in [-0.4, -0.2) is 21.1 Å². The number of nitrogens with zero attached hydrogens (tertiary/aromatic N) is 2. The molecular formula is C18H16F2N4O. The standard InChI is InChI=1S/C18H16F2N4O/c1-9-15(20)8-21-11(3)18(9)22-17(25)5-4-12-6-16-13(7-14(12)19)10(2)23-24-16/h4-8H,1-3H3,(H,22,25)(H,23,24)/b5-4+. The Morgan fingerprint density at radius 3 is 2.72 bits per heavy atom. The number of rotatable bonds is 3. The van der Waals surface area contributed by atoms with Crippen LogP contribution in [0.2, 0.25) is 0 Å². The van der Waals surface area contributed by atoms with E-state index in [1.165, 1.54) is 18.2 Å². The topological polar surface area (TPSA) is 70.7 Å². The fourth-order valence-electron chi connectivity index (χ4n) is 2.52. The number of aromatic nitrogens is 3. The number of halogens is 2. The summed E-state index contributed by atoms with van der Waals surface area (Å²) in [7, 11) is 0. The Kier molecular flexibility index (Phi) is 4.31. The van der Waals surface area contributed by atoms with E-state index in [1.807, 2.05) is 0 Å². The first kappa shape index (κ1) is 16.8. The van der Waals surface area contributed by atoms with Gasteiger partial charge in [0.2, 0.25) is 5.91 Å². The molecule has 0 aliphatic carbocycles. The van der Waals surface area contributed by atoms with Crippen molar-refractivity contribution < 1.29 is 13.6 Å². The lowest BCUT2D eigenvalue weighted by molar-refractivity contribution is -0.111. The average Bonchev–Trinajstić information content (AvgIpc) is 2.93. The summed E-state index contributed by atoms with van der Waals surface area (Å²) in [6.07, 6.45) is 3.64. The number of anilines is 1. The molecule has 0 aliphatic heterocycles. The molecule has 2 N–H and O–H groups in total. The van der Waals surface area contributed by atoms with Crippen molar-refractivity contribution in [3.8, 4) is 0 Å². The number of amides is 1. The number of aromatic amines is 1. The highest BCUT2D eigenvalue weighted by Gasteiger charge is 2.11. The maximum atomic E-state index is 14.2. The predicted molar refractivity (Wildman–Crippen MR) is 92.1 cm³/mol. The van der Waals surface area contributed by atoms with Gasteiger partial charge in [-0.3, -0.25) is 14.9 Å². The highest BCUT2D eigenvalue weighted by Crippen LogP contribution is 2.22. The van der Waals surface area contributed by atoms with E-state index in [0.29, 0.717) is 27.8 Å². The third-order valence-corrected chi connectivity index (χ3v) is 3.99. The SMILES string of the molecule is Cc1ncc(F)c(C)c1NC(=O)/C=C/c1cc2n[nH]c(C)c2cc1F. The van der Waals surface area contributed by atoms with E-state index in [0.717, 1.165) is 11.9 Å². The fourth-order valence-corrected chi connectivity index (χ4v) is 2.52. The molecule has 2 aromatic heterocycles. The molecule has 0 fully saturated rings. The van der Waals surface area contributed by atoms with Gasteiger partial charge in [0.1, 0.15) is 11.6 Å². The second kappa shape index (κ2) is 6.43. The highest BCUT2D eigenvalue weighted by molar-refractivity contribution is 6.03. The van der Waals surface area contributed by atoms with Crippen molar-refractivity contribution in [2.45, 2.75) is 20.8 Å². The number of H-pyrrole nitrogens is 1. The molecule has 0 saturated carbocycles. The number of nitrogens with one attached hydrogen (secondary N) is 2. The molecule has 2 heterocycles. The second-order valence-corrected chi connectivity index (χ2v) is 5.75. The lowest BCUT2D eigenvalue weighted by Gasteiger charge is -2.09. The summed E-state index contributed by atoms with van der Waals surface area (Å²) in [5.41, 5.74) is 2.73. The Balaban J connectivity index is 1.84. The summed E-state index contributed by atoms with van der Waals surface area (Å²) in [6.45, 7) is 5.02. The lowest BCUT2D eigenvalue weighted by Crippen LogP contribution is -2.12. The van der Waals surface area contributed by atoms with Crippen LogP contribution >= 0.6 is 0 Å². The zero-order valence-corrected chi connectivity index (χ0v) is 13.9.